The molecule has 1 heterocycles. The number of carbonyl (C=O) groups is 2. The number of hydrogen-bond donors (Lipinski definition) is 2. The lowest BCUT2D eigenvalue weighted by atomic mass is 10.1. The van der Waals surface area contributed by atoms with Gasteiger partial charge in [-0.3, -0.25) is 15.0 Å². The van der Waals surface area contributed by atoms with Crippen molar-refractivity contribution in [2.24, 2.45) is 0 Å². The zero-order valence-electron chi connectivity index (χ0n) is 13.4. The van der Waals surface area contributed by atoms with E-state index in [0.717, 1.165) is 11.1 Å². The number of benzene rings is 2. The number of halogens is 2. The largest absolute Gasteiger partial charge is 0.506 e. The van der Waals surface area contributed by atoms with Crippen LogP contribution in [0.4, 0.5) is 5.69 Å². The lowest BCUT2D eigenvalue weighted by molar-refractivity contribution is -0.117. The highest BCUT2D eigenvalue weighted by atomic mass is 79.9. The Morgan fingerprint density at radius 2 is 1.80 bits per heavy atom. The van der Waals surface area contributed by atoms with Crippen molar-refractivity contribution >= 4 is 55.4 Å². The van der Waals surface area contributed by atoms with Crippen LogP contribution in [-0.4, -0.2) is 16.9 Å². The van der Waals surface area contributed by atoms with Crippen LogP contribution in [-0.2, 0) is 9.59 Å². The van der Waals surface area contributed by atoms with Gasteiger partial charge in [-0.25, -0.2) is 5.01 Å². The summed E-state index contributed by atoms with van der Waals surface area (Å²) in [4.78, 5) is 24.9. The molecule has 0 atom stereocenters. The Labute approximate surface area is 161 Å². The van der Waals surface area contributed by atoms with E-state index in [1.165, 1.54) is 11.1 Å². The van der Waals surface area contributed by atoms with Crippen molar-refractivity contribution in [3.05, 3.63) is 61.5 Å². The number of rotatable bonds is 2. The summed E-state index contributed by atoms with van der Waals surface area (Å²) in [7, 11) is 0. The molecule has 5 nitrogen and oxygen atoms in total. The van der Waals surface area contributed by atoms with Crippen molar-refractivity contribution in [3.63, 3.8) is 0 Å². The number of amides is 2. The molecular formula is C18H14Br2N2O3. The Hall–Kier alpha value is -2.12. The SMILES string of the molecule is Cc1ccc(N2NC(=O)/C(=C/c3cc(Br)cc(Br)c3O)C2=O)cc1C. The second-order valence-electron chi connectivity index (χ2n) is 5.73. The van der Waals surface area contributed by atoms with Gasteiger partial charge in [-0.1, -0.05) is 22.0 Å². The molecule has 1 fully saturated rings. The number of phenolic OH excluding ortho intramolecular Hbond substituents is 1. The van der Waals surface area contributed by atoms with Crippen molar-refractivity contribution in [3.8, 4) is 5.75 Å². The number of anilines is 1. The van der Waals surface area contributed by atoms with E-state index in [4.69, 9.17) is 0 Å². The molecule has 1 saturated heterocycles. The van der Waals surface area contributed by atoms with Crippen LogP contribution < -0.4 is 10.4 Å². The summed E-state index contributed by atoms with van der Waals surface area (Å²) < 4.78 is 1.17. The summed E-state index contributed by atoms with van der Waals surface area (Å²) in [6.07, 6.45) is 1.38. The molecule has 2 amide bonds. The third kappa shape index (κ3) is 3.34. The molecule has 1 aliphatic rings. The molecule has 25 heavy (non-hydrogen) atoms. The fourth-order valence-corrected chi connectivity index (χ4v) is 3.71. The Balaban J connectivity index is 2.01. The minimum atomic E-state index is -0.515. The highest BCUT2D eigenvalue weighted by Gasteiger charge is 2.34. The number of hydrazine groups is 1. The molecule has 2 aromatic carbocycles. The first kappa shape index (κ1) is 17.7. The van der Waals surface area contributed by atoms with Crippen LogP contribution in [0.1, 0.15) is 16.7 Å². The Bertz CT molecular complexity index is 938. The molecule has 0 radical (unpaired) electrons. The van der Waals surface area contributed by atoms with Crippen LogP contribution >= 0.6 is 31.9 Å². The van der Waals surface area contributed by atoms with E-state index >= 15 is 0 Å². The molecule has 7 heteroatoms. The maximum absolute atomic E-state index is 12.7. The zero-order valence-corrected chi connectivity index (χ0v) is 16.6. The molecule has 2 aromatic rings. The topological polar surface area (TPSA) is 69.6 Å². The van der Waals surface area contributed by atoms with Gasteiger partial charge in [-0.15, -0.1) is 0 Å². The molecular weight excluding hydrogens is 452 g/mol. The van der Waals surface area contributed by atoms with Gasteiger partial charge < -0.3 is 5.11 Å². The van der Waals surface area contributed by atoms with Gasteiger partial charge >= 0.3 is 0 Å². The fourth-order valence-electron chi connectivity index (χ4n) is 2.46. The Kier molecular flexibility index (Phi) is 4.71. The number of phenols is 1. The summed E-state index contributed by atoms with van der Waals surface area (Å²) in [5.41, 5.74) is 5.58. The van der Waals surface area contributed by atoms with Crippen LogP contribution in [0.15, 0.2) is 44.9 Å². The lowest BCUT2D eigenvalue weighted by Crippen LogP contribution is -2.35. The van der Waals surface area contributed by atoms with Gasteiger partial charge in [0.1, 0.15) is 11.3 Å². The zero-order chi connectivity index (χ0) is 18.3. The molecule has 0 spiro atoms. The second kappa shape index (κ2) is 6.65. The molecule has 0 aliphatic carbocycles. The van der Waals surface area contributed by atoms with Crippen LogP contribution in [0.3, 0.4) is 0 Å². The fraction of sp³-hybridized carbons (Fsp3) is 0.111. The number of nitrogens with one attached hydrogen (secondary N) is 1. The molecule has 0 saturated carbocycles. The second-order valence-corrected chi connectivity index (χ2v) is 7.50. The van der Waals surface area contributed by atoms with Crippen molar-refractivity contribution < 1.29 is 14.7 Å². The predicted octanol–water partition coefficient (Wildman–Crippen LogP) is 4.00. The van der Waals surface area contributed by atoms with Crippen molar-refractivity contribution in [1.29, 1.82) is 0 Å². The summed E-state index contributed by atoms with van der Waals surface area (Å²) >= 11 is 6.56. The van der Waals surface area contributed by atoms with Crippen molar-refractivity contribution in [2.75, 3.05) is 5.01 Å². The van der Waals surface area contributed by atoms with Gasteiger partial charge in [0.15, 0.2) is 0 Å². The van der Waals surface area contributed by atoms with E-state index in [9.17, 15) is 14.7 Å². The monoisotopic (exact) mass is 464 g/mol. The van der Waals surface area contributed by atoms with Gasteiger partial charge in [0.2, 0.25) is 0 Å². The summed E-state index contributed by atoms with van der Waals surface area (Å²) in [5.74, 6) is -1.02. The third-order valence-corrected chi connectivity index (χ3v) is 5.06. The van der Waals surface area contributed by atoms with Crippen LogP contribution in [0, 0.1) is 13.8 Å². The number of aryl methyl sites for hydroxylation is 2. The van der Waals surface area contributed by atoms with E-state index < -0.39 is 11.8 Å². The van der Waals surface area contributed by atoms with Crippen LogP contribution in [0.5, 0.6) is 5.75 Å². The average molecular weight is 466 g/mol. The first-order valence-corrected chi connectivity index (χ1v) is 8.99. The molecule has 1 aliphatic heterocycles. The smallest absolute Gasteiger partial charge is 0.282 e. The highest BCUT2D eigenvalue weighted by molar-refractivity contribution is 9.11. The molecule has 128 valence electrons. The number of hydrogen-bond acceptors (Lipinski definition) is 3. The lowest BCUT2D eigenvalue weighted by Gasteiger charge is -2.16. The normalized spacial score (nSPS) is 15.8. The first-order chi connectivity index (χ1) is 11.8. The summed E-state index contributed by atoms with van der Waals surface area (Å²) in [6, 6.07) is 8.81. The van der Waals surface area contributed by atoms with Gasteiger partial charge in [0.05, 0.1) is 10.2 Å². The maximum atomic E-state index is 12.7. The van der Waals surface area contributed by atoms with E-state index in [1.807, 2.05) is 26.0 Å². The van der Waals surface area contributed by atoms with Crippen LogP contribution in [0.2, 0.25) is 0 Å². The average Bonchev–Trinajstić information content (AvgIpc) is 2.83. The molecule has 2 N–H and O–H groups in total. The first-order valence-electron chi connectivity index (χ1n) is 7.40. The van der Waals surface area contributed by atoms with Gasteiger partial charge in [-0.2, -0.15) is 0 Å². The predicted molar refractivity (Wildman–Crippen MR) is 103 cm³/mol. The minimum Gasteiger partial charge on any atom is -0.506 e. The minimum absolute atomic E-state index is 0.0408. The van der Waals surface area contributed by atoms with Gasteiger partial charge in [0, 0.05) is 10.0 Å². The Morgan fingerprint density at radius 1 is 1.08 bits per heavy atom. The van der Waals surface area contributed by atoms with E-state index in [-0.39, 0.29) is 11.3 Å². The van der Waals surface area contributed by atoms with E-state index in [1.54, 1.807) is 18.2 Å². The Morgan fingerprint density at radius 3 is 2.48 bits per heavy atom. The quantitative estimate of drug-likeness (QED) is 0.520. The number of nitrogens with zero attached hydrogens (tertiary/aromatic N) is 1. The van der Waals surface area contributed by atoms with Crippen molar-refractivity contribution in [2.45, 2.75) is 13.8 Å². The standard InChI is InChI=1S/C18H14Br2N2O3/c1-9-3-4-13(5-10(9)2)22-18(25)14(17(24)21-22)7-11-6-12(19)8-15(20)16(11)23/h3-8,23H,1-2H3,(H,21,24)/b14-7-. The maximum Gasteiger partial charge on any atom is 0.282 e. The van der Waals surface area contributed by atoms with Gasteiger partial charge in [-0.05, 0) is 71.2 Å². The highest BCUT2D eigenvalue weighted by Crippen LogP contribution is 2.34. The van der Waals surface area contributed by atoms with Crippen molar-refractivity contribution in [1.82, 2.24) is 5.43 Å². The third-order valence-electron chi connectivity index (χ3n) is 4.00. The number of carbonyl (C=O) groups excluding carboxylic acids is 2. The molecule has 0 bridgehead atoms. The van der Waals surface area contributed by atoms with E-state index in [0.29, 0.717) is 20.2 Å². The molecule has 0 unspecified atom stereocenters. The van der Waals surface area contributed by atoms with E-state index in [2.05, 4.69) is 37.3 Å². The molecule has 3 rings (SSSR count). The number of aromatic hydroxyl groups is 1. The summed E-state index contributed by atoms with van der Waals surface area (Å²) in [5, 5.41) is 11.3. The summed E-state index contributed by atoms with van der Waals surface area (Å²) in [6.45, 7) is 3.91. The van der Waals surface area contributed by atoms with Crippen LogP contribution in [0.25, 0.3) is 6.08 Å². The molecule has 0 aromatic heterocycles. The van der Waals surface area contributed by atoms with Gasteiger partial charge in [0.25, 0.3) is 11.8 Å².